The fourth-order valence-electron chi connectivity index (χ4n) is 1.88. The Labute approximate surface area is 128 Å². The summed E-state index contributed by atoms with van der Waals surface area (Å²) in [7, 11) is 0. The Morgan fingerprint density at radius 1 is 1.45 bits per heavy atom. The zero-order chi connectivity index (χ0) is 14.8. The van der Waals surface area contributed by atoms with Crippen LogP contribution in [0.1, 0.15) is 32.2 Å². The van der Waals surface area contributed by atoms with Gasteiger partial charge in [-0.3, -0.25) is 0 Å². The number of hydrogen-bond donors (Lipinski definition) is 1. The van der Waals surface area contributed by atoms with Crippen LogP contribution < -0.4 is 0 Å². The average molecular weight is 314 g/mol. The van der Waals surface area contributed by atoms with Crippen molar-refractivity contribution in [3.63, 3.8) is 0 Å². The molecule has 2 aromatic rings. The van der Waals surface area contributed by atoms with Gasteiger partial charge in [-0.25, -0.2) is 4.98 Å². The molecule has 0 spiro atoms. The van der Waals surface area contributed by atoms with E-state index >= 15 is 0 Å². The van der Waals surface area contributed by atoms with Crippen LogP contribution in [0.15, 0.2) is 18.2 Å². The van der Waals surface area contributed by atoms with Gasteiger partial charge in [-0.15, -0.1) is 11.3 Å². The number of benzene rings is 1. The first-order valence-electron chi connectivity index (χ1n) is 6.74. The van der Waals surface area contributed by atoms with E-state index in [0.717, 1.165) is 20.2 Å². The van der Waals surface area contributed by atoms with Gasteiger partial charge in [0.2, 0.25) is 0 Å². The molecular weight excluding hydrogens is 294 g/mol. The molecule has 0 saturated heterocycles. The second-order valence-electron chi connectivity index (χ2n) is 5.44. The number of ether oxygens (including phenoxy) is 1. The first kappa shape index (κ1) is 15.7. The number of aliphatic hydroxyl groups excluding tert-OH is 1. The summed E-state index contributed by atoms with van der Waals surface area (Å²) in [5, 5.41) is 10.6. The molecule has 0 amide bonds. The Bertz CT molecular complexity index is 582. The van der Waals surface area contributed by atoms with Gasteiger partial charge in [0, 0.05) is 23.7 Å². The molecule has 0 aliphatic rings. The SMILES string of the molecule is CC(OCCCO)C(C)(C)c1nc2ccc(Cl)cc2s1. The molecule has 110 valence electrons. The highest BCUT2D eigenvalue weighted by molar-refractivity contribution is 7.18. The van der Waals surface area contributed by atoms with Gasteiger partial charge in [-0.05, 0) is 31.5 Å². The third-order valence-electron chi connectivity index (χ3n) is 3.59. The maximum Gasteiger partial charge on any atom is 0.102 e. The van der Waals surface area contributed by atoms with Crippen LogP contribution in [0.25, 0.3) is 10.2 Å². The first-order chi connectivity index (χ1) is 9.45. The van der Waals surface area contributed by atoms with Crippen molar-refractivity contribution in [2.45, 2.75) is 38.7 Å². The van der Waals surface area contributed by atoms with Crippen LogP contribution in [-0.2, 0) is 10.2 Å². The minimum Gasteiger partial charge on any atom is -0.396 e. The molecule has 1 atom stereocenters. The molecule has 0 saturated carbocycles. The first-order valence-corrected chi connectivity index (χ1v) is 7.93. The van der Waals surface area contributed by atoms with Gasteiger partial charge >= 0.3 is 0 Å². The van der Waals surface area contributed by atoms with Gasteiger partial charge in [-0.2, -0.15) is 0 Å². The van der Waals surface area contributed by atoms with E-state index in [4.69, 9.17) is 26.4 Å². The highest BCUT2D eigenvalue weighted by Gasteiger charge is 2.32. The van der Waals surface area contributed by atoms with Crippen molar-refractivity contribution in [1.82, 2.24) is 4.98 Å². The summed E-state index contributed by atoms with van der Waals surface area (Å²) in [4.78, 5) is 4.71. The summed E-state index contributed by atoms with van der Waals surface area (Å²) in [5.74, 6) is 0. The smallest absolute Gasteiger partial charge is 0.102 e. The summed E-state index contributed by atoms with van der Waals surface area (Å²) >= 11 is 7.68. The van der Waals surface area contributed by atoms with Crippen molar-refractivity contribution in [3.8, 4) is 0 Å². The second kappa shape index (κ2) is 6.39. The van der Waals surface area contributed by atoms with E-state index in [2.05, 4.69) is 20.8 Å². The maximum absolute atomic E-state index is 8.82. The van der Waals surface area contributed by atoms with Crippen molar-refractivity contribution < 1.29 is 9.84 Å². The lowest BCUT2D eigenvalue weighted by molar-refractivity contribution is 0.0131. The van der Waals surface area contributed by atoms with Crippen molar-refractivity contribution in [2.24, 2.45) is 0 Å². The van der Waals surface area contributed by atoms with Gasteiger partial charge in [0.15, 0.2) is 0 Å². The lowest BCUT2D eigenvalue weighted by Gasteiger charge is -2.29. The van der Waals surface area contributed by atoms with Crippen molar-refractivity contribution in [2.75, 3.05) is 13.2 Å². The van der Waals surface area contributed by atoms with E-state index in [-0.39, 0.29) is 18.1 Å². The molecule has 20 heavy (non-hydrogen) atoms. The predicted molar refractivity (Wildman–Crippen MR) is 84.8 cm³/mol. The van der Waals surface area contributed by atoms with Gasteiger partial charge < -0.3 is 9.84 Å². The van der Waals surface area contributed by atoms with Crippen molar-refractivity contribution >= 4 is 33.2 Å². The lowest BCUT2D eigenvalue weighted by atomic mass is 9.88. The fourth-order valence-corrected chi connectivity index (χ4v) is 3.30. The largest absolute Gasteiger partial charge is 0.396 e. The summed E-state index contributed by atoms with van der Waals surface area (Å²) in [6, 6.07) is 5.76. The molecule has 1 aromatic heterocycles. The number of aromatic nitrogens is 1. The third-order valence-corrected chi connectivity index (χ3v) is 5.18. The standard InChI is InChI=1S/C15H20ClNO2S/c1-10(19-8-4-7-18)15(2,3)14-17-12-6-5-11(16)9-13(12)20-14/h5-6,9-10,18H,4,7-8H2,1-3H3. The monoisotopic (exact) mass is 313 g/mol. The normalized spacial score (nSPS) is 13.8. The van der Waals surface area contributed by atoms with Crippen LogP contribution >= 0.6 is 22.9 Å². The number of hydrogen-bond acceptors (Lipinski definition) is 4. The van der Waals surface area contributed by atoms with Crippen LogP contribution in [0, 0.1) is 0 Å². The minimum absolute atomic E-state index is 0.0325. The van der Waals surface area contributed by atoms with Crippen molar-refractivity contribution in [1.29, 1.82) is 0 Å². The molecule has 0 bridgehead atoms. The third kappa shape index (κ3) is 3.31. The number of aliphatic hydroxyl groups is 1. The van der Waals surface area contributed by atoms with E-state index < -0.39 is 0 Å². The van der Waals surface area contributed by atoms with E-state index in [0.29, 0.717) is 13.0 Å². The summed E-state index contributed by atoms with van der Waals surface area (Å²) < 4.78 is 6.90. The Balaban J connectivity index is 2.21. The molecule has 1 unspecified atom stereocenters. The molecule has 5 heteroatoms. The Hall–Kier alpha value is -0.680. The second-order valence-corrected chi connectivity index (χ2v) is 6.91. The summed E-state index contributed by atoms with van der Waals surface area (Å²) in [5.41, 5.74) is 0.802. The van der Waals surface area contributed by atoms with Gasteiger partial charge in [0.25, 0.3) is 0 Å². The maximum atomic E-state index is 8.82. The molecular formula is C15H20ClNO2S. The van der Waals surface area contributed by atoms with Gasteiger partial charge in [0.05, 0.1) is 16.3 Å². The quantitative estimate of drug-likeness (QED) is 0.819. The van der Waals surface area contributed by atoms with E-state index in [1.165, 1.54) is 0 Å². The molecule has 1 heterocycles. The molecule has 1 N–H and O–H groups in total. The predicted octanol–water partition coefficient (Wildman–Crippen LogP) is 4.01. The molecule has 0 fully saturated rings. The molecule has 1 aromatic carbocycles. The van der Waals surface area contributed by atoms with Crippen molar-refractivity contribution in [3.05, 3.63) is 28.2 Å². The average Bonchev–Trinajstić information content (AvgIpc) is 2.82. The van der Waals surface area contributed by atoms with Crippen LogP contribution in [0.3, 0.4) is 0 Å². The Morgan fingerprint density at radius 2 is 2.20 bits per heavy atom. The highest BCUT2D eigenvalue weighted by atomic mass is 35.5. The zero-order valence-electron chi connectivity index (χ0n) is 12.0. The molecule has 0 radical (unpaired) electrons. The number of halogens is 1. The molecule has 0 aliphatic heterocycles. The number of nitrogens with zero attached hydrogens (tertiary/aromatic N) is 1. The van der Waals surface area contributed by atoms with Crippen LogP contribution in [0.5, 0.6) is 0 Å². The fraction of sp³-hybridized carbons (Fsp3) is 0.533. The van der Waals surface area contributed by atoms with Crippen LogP contribution in [0.4, 0.5) is 0 Å². The summed E-state index contributed by atoms with van der Waals surface area (Å²) in [6.07, 6.45) is 0.695. The van der Waals surface area contributed by atoms with E-state index in [1.807, 2.05) is 18.2 Å². The highest BCUT2D eigenvalue weighted by Crippen LogP contribution is 2.35. The minimum atomic E-state index is -0.175. The molecule has 0 aliphatic carbocycles. The number of thiazole rings is 1. The molecule has 2 rings (SSSR count). The van der Waals surface area contributed by atoms with E-state index in [1.54, 1.807) is 11.3 Å². The Morgan fingerprint density at radius 3 is 2.90 bits per heavy atom. The zero-order valence-corrected chi connectivity index (χ0v) is 13.6. The van der Waals surface area contributed by atoms with Gasteiger partial charge in [-0.1, -0.05) is 25.4 Å². The summed E-state index contributed by atoms with van der Waals surface area (Å²) in [6.45, 7) is 7.05. The molecule has 3 nitrogen and oxygen atoms in total. The van der Waals surface area contributed by atoms with Crippen LogP contribution in [0.2, 0.25) is 5.02 Å². The number of rotatable bonds is 6. The number of fused-ring (bicyclic) bond motifs is 1. The van der Waals surface area contributed by atoms with E-state index in [9.17, 15) is 0 Å². The Kier molecular flexibility index (Phi) is 5.02. The topological polar surface area (TPSA) is 42.4 Å². The lowest BCUT2D eigenvalue weighted by Crippen LogP contribution is -2.33. The van der Waals surface area contributed by atoms with Crippen LogP contribution in [-0.4, -0.2) is 29.4 Å². The van der Waals surface area contributed by atoms with Gasteiger partial charge in [0.1, 0.15) is 5.01 Å².